The van der Waals surface area contributed by atoms with Crippen molar-refractivity contribution < 1.29 is 19.1 Å². The minimum Gasteiger partial charge on any atom is -0.491 e. The first-order valence-electron chi connectivity index (χ1n) is 10.9. The van der Waals surface area contributed by atoms with Gasteiger partial charge in [-0.05, 0) is 47.0 Å². The lowest BCUT2D eigenvalue weighted by Crippen LogP contribution is -2.48. The molecule has 0 saturated carbocycles. The van der Waals surface area contributed by atoms with E-state index in [0.29, 0.717) is 25.6 Å². The van der Waals surface area contributed by atoms with Gasteiger partial charge in [-0.3, -0.25) is 9.59 Å². The normalized spacial score (nSPS) is 15.4. The monoisotopic (exact) mass is 456 g/mol. The summed E-state index contributed by atoms with van der Waals surface area (Å²) in [6.07, 6.45) is 2.43. The zero-order chi connectivity index (χ0) is 23.1. The number of rotatable bonds is 10. The lowest BCUT2D eigenvalue weighted by molar-refractivity contribution is -0.144. The van der Waals surface area contributed by atoms with Crippen LogP contribution in [0.5, 0.6) is 5.75 Å². The van der Waals surface area contributed by atoms with Crippen LogP contribution >= 0.6 is 11.3 Å². The Kier molecular flexibility index (Phi) is 8.47. The molecule has 0 spiro atoms. The third-order valence-electron chi connectivity index (χ3n) is 5.67. The highest BCUT2D eigenvalue weighted by molar-refractivity contribution is 7.10. The van der Waals surface area contributed by atoms with Crippen LogP contribution in [0.4, 0.5) is 0 Å². The van der Waals surface area contributed by atoms with Gasteiger partial charge in [0.1, 0.15) is 25.5 Å². The molecular formula is C25H32N2O4S. The van der Waals surface area contributed by atoms with E-state index in [-0.39, 0.29) is 31.0 Å². The molecule has 0 saturated heterocycles. The number of hydrogen-bond acceptors (Lipinski definition) is 5. The fourth-order valence-corrected chi connectivity index (χ4v) is 4.81. The summed E-state index contributed by atoms with van der Waals surface area (Å²) in [6, 6.07) is 10.0. The zero-order valence-corrected chi connectivity index (χ0v) is 19.9. The van der Waals surface area contributed by atoms with Crippen molar-refractivity contribution in [2.45, 2.75) is 32.2 Å². The van der Waals surface area contributed by atoms with Crippen LogP contribution in [0, 0.1) is 0 Å². The highest BCUT2D eigenvalue weighted by atomic mass is 32.1. The minimum atomic E-state index is -0.230. The summed E-state index contributed by atoms with van der Waals surface area (Å²) in [6.45, 7) is 9.22. The SMILES string of the molecule is C=CCN(CC(=O)N1CCc2sccc2[C@H]1COc1ccc(C(C)C)cc1)C(=O)COC. The maximum Gasteiger partial charge on any atom is 0.249 e. The molecule has 0 N–H and O–H groups in total. The number of methoxy groups -OCH3 is 1. The topological polar surface area (TPSA) is 59.1 Å². The van der Waals surface area contributed by atoms with Crippen LogP contribution in [0.25, 0.3) is 0 Å². The Bertz CT molecular complexity index is 922. The van der Waals surface area contributed by atoms with E-state index in [0.717, 1.165) is 17.7 Å². The fraction of sp³-hybridized carbons (Fsp3) is 0.440. The van der Waals surface area contributed by atoms with Crippen molar-refractivity contribution in [2.24, 2.45) is 0 Å². The van der Waals surface area contributed by atoms with Crippen LogP contribution in [0.1, 0.15) is 41.8 Å². The van der Waals surface area contributed by atoms with Crippen LogP contribution in [0.3, 0.4) is 0 Å². The third-order valence-corrected chi connectivity index (χ3v) is 6.66. The Labute approximate surface area is 194 Å². The predicted octanol–water partition coefficient (Wildman–Crippen LogP) is 4.04. The molecule has 1 atom stereocenters. The van der Waals surface area contributed by atoms with Crippen molar-refractivity contribution >= 4 is 23.2 Å². The summed E-state index contributed by atoms with van der Waals surface area (Å²) in [5, 5.41) is 2.06. The lowest BCUT2D eigenvalue weighted by atomic mass is 10.00. The van der Waals surface area contributed by atoms with Gasteiger partial charge in [-0.1, -0.05) is 32.1 Å². The van der Waals surface area contributed by atoms with Crippen LogP contribution in [-0.2, 0) is 20.7 Å². The quantitative estimate of drug-likeness (QED) is 0.507. The number of benzene rings is 1. The molecule has 1 aromatic heterocycles. The van der Waals surface area contributed by atoms with Gasteiger partial charge in [0, 0.05) is 25.1 Å². The summed E-state index contributed by atoms with van der Waals surface area (Å²) < 4.78 is 11.1. The molecule has 0 fully saturated rings. The summed E-state index contributed by atoms with van der Waals surface area (Å²) in [5.41, 5.74) is 2.39. The Morgan fingerprint density at radius 1 is 1.28 bits per heavy atom. The second-order valence-corrected chi connectivity index (χ2v) is 9.18. The van der Waals surface area contributed by atoms with Crippen LogP contribution in [-0.4, -0.2) is 61.6 Å². The zero-order valence-electron chi connectivity index (χ0n) is 19.1. The molecule has 0 bridgehead atoms. The number of carbonyl (C=O) groups is 2. The maximum atomic E-state index is 13.3. The molecule has 1 aromatic carbocycles. The minimum absolute atomic E-state index is 0.00668. The largest absolute Gasteiger partial charge is 0.491 e. The number of fused-ring (bicyclic) bond motifs is 1. The number of carbonyl (C=O) groups excluding carboxylic acids is 2. The van der Waals surface area contributed by atoms with Crippen molar-refractivity contribution in [2.75, 3.05) is 40.0 Å². The van der Waals surface area contributed by atoms with Crippen LogP contribution in [0.2, 0.25) is 0 Å². The Hall–Kier alpha value is -2.64. The molecule has 6 nitrogen and oxygen atoms in total. The van der Waals surface area contributed by atoms with Crippen molar-refractivity contribution in [1.82, 2.24) is 9.80 Å². The molecule has 2 aromatic rings. The third kappa shape index (κ3) is 5.78. The first kappa shape index (κ1) is 24.0. The van der Waals surface area contributed by atoms with E-state index >= 15 is 0 Å². The number of nitrogens with zero attached hydrogens (tertiary/aromatic N) is 2. The van der Waals surface area contributed by atoms with Gasteiger partial charge in [0.15, 0.2) is 0 Å². The lowest BCUT2D eigenvalue weighted by Gasteiger charge is -2.37. The molecule has 0 aliphatic carbocycles. The van der Waals surface area contributed by atoms with Crippen LogP contribution < -0.4 is 4.74 Å². The first-order valence-corrected chi connectivity index (χ1v) is 11.8. The Morgan fingerprint density at radius 2 is 2.03 bits per heavy atom. The molecule has 0 radical (unpaired) electrons. The summed E-state index contributed by atoms with van der Waals surface area (Å²) >= 11 is 1.72. The average Bonchev–Trinajstić information content (AvgIpc) is 3.26. The van der Waals surface area contributed by atoms with E-state index in [1.54, 1.807) is 17.4 Å². The molecule has 0 unspecified atom stereocenters. The Balaban J connectivity index is 1.74. The molecule has 3 rings (SSSR count). The van der Waals surface area contributed by atoms with E-state index in [1.807, 2.05) is 17.0 Å². The smallest absolute Gasteiger partial charge is 0.249 e. The first-order chi connectivity index (χ1) is 15.4. The number of hydrogen-bond donors (Lipinski definition) is 0. The Morgan fingerprint density at radius 3 is 2.69 bits per heavy atom. The van der Waals surface area contributed by atoms with Gasteiger partial charge in [-0.25, -0.2) is 0 Å². The number of amides is 2. The summed E-state index contributed by atoms with van der Waals surface area (Å²) in [5.74, 6) is 0.917. The molecule has 32 heavy (non-hydrogen) atoms. The number of thiophene rings is 1. The van der Waals surface area contributed by atoms with Gasteiger partial charge in [0.05, 0.1) is 6.04 Å². The standard InChI is InChI=1S/C25H32N2O4S/c1-5-12-26(25(29)17-30-4)15-24(28)27-13-10-23-21(11-14-32-23)22(27)16-31-20-8-6-19(7-9-20)18(2)3/h5-9,11,14,18,22H,1,10,12-13,15-17H2,2-4H3/t22-/m1/s1. The van der Waals surface area contributed by atoms with E-state index < -0.39 is 0 Å². The molecule has 7 heteroatoms. The van der Waals surface area contributed by atoms with Gasteiger partial charge in [0.25, 0.3) is 0 Å². The van der Waals surface area contributed by atoms with Gasteiger partial charge in [-0.15, -0.1) is 17.9 Å². The van der Waals surface area contributed by atoms with Gasteiger partial charge in [-0.2, -0.15) is 0 Å². The van der Waals surface area contributed by atoms with Crippen molar-refractivity contribution in [3.63, 3.8) is 0 Å². The molecule has 172 valence electrons. The van der Waals surface area contributed by atoms with Crippen molar-refractivity contribution in [1.29, 1.82) is 0 Å². The van der Waals surface area contributed by atoms with Gasteiger partial charge >= 0.3 is 0 Å². The van der Waals surface area contributed by atoms with E-state index in [9.17, 15) is 9.59 Å². The number of ether oxygens (including phenoxy) is 2. The van der Waals surface area contributed by atoms with Crippen molar-refractivity contribution in [3.8, 4) is 5.75 Å². The van der Waals surface area contributed by atoms with Gasteiger partial charge in [0.2, 0.25) is 11.8 Å². The van der Waals surface area contributed by atoms with Gasteiger partial charge < -0.3 is 19.3 Å². The second kappa shape index (κ2) is 11.3. The molecule has 1 aliphatic rings. The van der Waals surface area contributed by atoms with Crippen molar-refractivity contribution in [3.05, 3.63) is 64.4 Å². The molecule has 2 amide bonds. The second-order valence-electron chi connectivity index (χ2n) is 8.18. The van der Waals surface area contributed by atoms with E-state index in [2.05, 4.69) is 44.0 Å². The highest BCUT2D eigenvalue weighted by Gasteiger charge is 2.33. The predicted molar refractivity (Wildman–Crippen MR) is 127 cm³/mol. The summed E-state index contributed by atoms with van der Waals surface area (Å²) in [4.78, 5) is 30.2. The average molecular weight is 457 g/mol. The summed E-state index contributed by atoms with van der Waals surface area (Å²) in [7, 11) is 1.47. The fourth-order valence-electron chi connectivity index (χ4n) is 3.88. The molecule has 1 aliphatic heterocycles. The van der Waals surface area contributed by atoms with Crippen LogP contribution in [0.15, 0.2) is 48.4 Å². The van der Waals surface area contributed by atoms with E-state index in [1.165, 1.54) is 22.5 Å². The highest BCUT2D eigenvalue weighted by Crippen LogP contribution is 2.34. The van der Waals surface area contributed by atoms with E-state index in [4.69, 9.17) is 9.47 Å². The maximum absolute atomic E-state index is 13.3. The molecule has 2 heterocycles. The molecular weight excluding hydrogens is 424 g/mol.